The zero-order valence-corrected chi connectivity index (χ0v) is 18.5. The molecule has 0 spiro atoms. The minimum atomic E-state index is -1.05. The van der Waals surface area contributed by atoms with E-state index in [0.717, 1.165) is 28.5 Å². The Labute approximate surface area is 185 Å². The van der Waals surface area contributed by atoms with E-state index >= 15 is 0 Å². The van der Waals surface area contributed by atoms with Crippen molar-refractivity contribution in [3.8, 4) is 17.3 Å². The smallest absolute Gasteiger partial charge is 0.233 e. The number of hydrogen-bond donors (Lipinski definition) is 2. The summed E-state index contributed by atoms with van der Waals surface area (Å²) in [5, 5.41) is 11.3. The number of alkyl halides is 1. The third-order valence-corrected chi connectivity index (χ3v) is 5.77. The van der Waals surface area contributed by atoms with Crippen molar-refractivity contribution in [2.24, 2.45) is 0 Å². The summed E-state index contributed by atoms with van der Waals surface area (Å²) in [6.45, 7) is 6.68. The Morgan fingerprint density at radius 1 is 1.31 bits per heavy atom. The highest BCUT2D eigenvalue weighted by Gasteiger charge is 2.27. The first-order valence-corrected chi connectivity index (χ1v) is 10.9. The number of aromatic amines is 1. The van der Waals surface area contributed by atoms with Gasteiger partial charge in [0.05, 0.1) is 17.9 Å². The van der Waals surface area contributed by atoms with Crippen LogP contribution in [0.15, 0.2) is 48.1 Å². The highest BCUT2D eigenvalue weighted by Crippen LogP contribution is 2.33. The number of piperidine rings is 1. The van der Waals surface area contributed by atoms with Crippen molar-refractivity contribution in [3.63, 3.8) is 0 Å². The van der Waals surface area contributed by atoms with Crippen LogP contribution in [-0.4, -0.2) is 45.5 Å². The second kappa shape index (κ2) is 9.56. The number of fused-ring (bicyclic) bond motifs is 1. The van der Waals surface area contributed by atoms with Gasteiger partial charge in [0, 0.05) is 17.5 Å². The fourth-order valence-electron chi connectivity index (χ4n) is 3.86. The van der Waals surface area contributed by atoms with E-state index in [2.05, 4.69) is 25.5 Å². The molecule has 2 unspecified atom stereocenters. The number of benzene rings is 1. The van der Waals surface area contributed by atoms with Crippen molar-refractivity contribution in [1.82, 2.24) is 25.5 Å². The highest BCUT2D eigenvalue weighted by molar-refractivity contribution is 5.95. The average Bonchev–Trinajstić information content (AvgIpc) is 3.24. The predicted molar refractivity (Wildman–Crippen MR) is 122 cm³/mol. The lowest BCUT2D eigenvalue weighted by Crippen LogP contribution is -2.45. The van der Waals surface area contributed by atoms with Gasteiger partial charge in [0.15, 0.2) is 0 Å². The fraction of sp³-hybridized carbons (Fsp3) is 0.375. The van der Waals surface area contributed by atoms with E-state index < -0.39 is 12.3 Å². The first kappa shape index (κ1) is 22.1. The lowest BCUT2D eigenvalue weighted by molar-refractivity contribution is 0.0705. The number of nitrogens with one attached hydrogen (secondary N) is 2. The summed E-state index contributed by atoms with van der Waals surface area (Å²) >= 11 is 0. The fourth-order valence-corrected chi connectivity index (χ4v) is 3.86. The summed E-state index contributed by atoms with van der Waals surface area (Å²) in [6, 6.07) is 5.66. The van der Waals surface area contributed by atoms with Gasteiger partial charge >= 0.3 is 0 Å². The second-order valence-electron chi connectivity index (χ2n) is 7.89. The maximum Gasteiger partial charge on any atom is 0.233 e. The first-order chi connectivity index (χ1) is 15.5. The predicted octanol–water partition coefficient (Wildman–Crippen LogP) is 5.16. The summed E-state index contributed by atoms with van der Waals surface area (Å²) in [6.07, 6.45) is 4.01. The topological polar surface area (TPSA) is 75.7 Å². The van der Waals surface area contributed by atoms with Crippen LogP contribution in [0, 0.1) is 0 Å². The number of allylic oxidation sites excluding steroid dienone is 4. The molecule has 1 saturated heterocycles. The van der Waals surface area contributed by atoms with Crippen molar-refractivity contribution < 1.29 is 13.5 Å². The Kier molecular flexibility index (Phi) is 6.60. The number of nitrogens with zero attached hydrogens (tertiary/aromatic N) is 3. The first-order valence-electron chi connectivity index (χ1n) is 10.9. The van der Waals surface area contributed by atoms with Crippen LogP contribution in [0.5, 0.6) is 5.88 Å². The minimum Gasteiger partial charge on any atom is -0.469 e. The normalized spacial score (nSPS) is 20.3. The van der Waals surface area contributed by atoms with Crippen molar-refractivity contribution >= 4 is 16.5 Å². The molecule has 168 valence electrons. The van der Waals surface area contributed by atoms with E-state index in [1.165, 1.54) is 12.3 Å². The second-order valence-corrected chi connectivity index (χ2v) is 7.89. The van der Waals surface area contributed by atoms with Crippen LogP contribution in [0.2, 0.25) is 0 Å². The van der Waals surface area contributed by atoms with Gasteiger partial charge in [-0.2, -0.15) is 5.10 Å². The zero-order chi connectivity index (χ0) is 22.7. The molecule has 0 aliphatic carbocycles. The minimum absolute atomic E-state index is 0.244. The van der Waals surface area contributed by atoms with Gasteiger partial charge < -0.3 is 10.1 Å². The molecule has 32 heavy (non-hydrogen) atoms. The summed E-state index contributed by atoms with van der Waals surface area (Å²) in [4.78, 5) is 8.73. The Morgan fingerprint density at radius 2 is 2.16 bits per heavy atom. The largest absolute Gasteiger partial charge is 0.469 e. The summed E-state index contributed by atoms with van der Waals surface area (Å²) < 4.78 is 34.6. The molecule has 2 N–H and O–H groups in total. The van der Waals surface area contributed by atoms with Crippen LogP contribution in [0.4, 0.5) is 8.78 Å². The van der Waals surface area contributed by atoms with Gasteiger partial charge in [-0.05, 0) is 50.9 Å². The molecule has 1 aliphatic rings. The number of halogens is 2. The van der Waals surface area contributed by atoms with E-state index in [1.807, 2.05) is 32.0 Å². The van der Waals surface area contributed by atoms with E-state index in [0.29, 0.717) is 36.5 Å². The van der Waals surface area contributed by atoms with Gasteiger partial charge in [-0.1, -0.05) is 24.6 Å². The van der Waals surface area contributed by atoms with Crippen LogP contribution in [-0.2, 0) is 0 Å². The molecule has 2 atom stereocenters. The molecule has 3 heterocycles. The summed E-state index contributed by atoms with van der Waals surface area (Å²) in [5.41, 5.74) is 4.19. The molecule has 8 heteroatoms. The molecule has 4 rings (SSSR count). The molecule has 1 aliphatic heterocycles. The molecule has 0 saturated carbocycles. The third kappa shape index (κ3) is 4.41. The van der Waals surface area contributed by atoms with E-state index in [-0.39, 0.29) is 11.7 Å². The van der Waals surface area contributed by atoms with E-state index in [1.54, 1.807) is 13.1 Å². The molecule has 3 aromatic rings. The van der Waals surface area contributed by atoms with Crippen LogP contribution in [0.1, 0.15) is 39.2 Å². The number of H-pyrrole nitrogens is 1. The Bertz CT molecular complexity index is 1170. The molecular weight excluding hydrogens is 412 g/mol. The highest BCUT2D eigenvalue weighted by atomic mass is 19.1. The lowest BCUT2D eigenvalue weighted by atomic mass is 9.96. The molecule has 0 amide bonds. The standard InChI is InChI=1S/C24H27F2N5O/c1-4-14(3)23(17(25)5-2)15-6-7-19-16(10-15)24(31-30-19)20-11-28-13-22(29-20)32-21-12-27-9-8-18(21)26/h5-7,10-11,13,18,21,27H,4,8-9,12H2,1-3H3,(H,30,31). The average molecular weight is 440 g/mol. The number of hydrogen-bond acceptors (Lipinski definition) is 5. The zero-order valence-electron chi connectivity index (χ0n) is 18.5. The molecular formula is C24H27F2N5O. The Morgan fingerprint density at radius 3 is 2.91 bits per heavy atom. The van der Waals surface area contributed by atoms with Gasteiger partial charge in [-0.25, -0.2) is 13.8 Å². The maximum absolute atomic E-state index is 14.7. The molecule has 2 aromatic heterocycles. The molecule has 1 fully saturated rings. The Hall–Kier alpha value is -3.13. The quantitative estimate of drug-likeness (QED) is 0.519. The number of ether oxygens (including phenoxy) is 1. The SMILES string of the molecule is CC=C(F)C(=C(C)CC)c1ccc2[nH]nc(-c3cncc(OC4CNCCC4F)n3)c2c1. The monoisotopic (exact) mass is 439 g/mol. The van der Waals surface area contributed by atoms with Crippen LogP contribution in [0.25, 0.3) is 27.9 Å². The number of rotatable bonds is 6. The summed E-state index contributed by atoms with van der Waals surface area (Å²) in [7, 11) is 0. The lowest BCUT2D eigenvalue weighted by Gasteiger charge is -2.26. The van der Waals surface area contributed by atoms with E-state index in [9.17, 15) is 8.78 Å². The van der Waals surface area contributed by atoms with Crippen molar-refractivity contribution in [2.45, 2.75) is 45.9 Å². The van der Waals surface area contributed by atoms with Crippen molar-refractivity contribution in [3.05, 3.63) is 53.6 Å². The molecule has 0 bridgehead atoms. The number of aromatic nitrogens is 4. The summed E-state index contributed by atoms with van der Waals surface area (Å²) in [5.74, 6) is -0.0145. The molecule has 6 nitrogen and oxygen atoms in total. The van der Waals surface area contributed by atoms with Crippen molar-refractivity contribution in [2.75, 3.05) is 13.1 Å². The van der Waals surface area contributed by atoms with Crippen LogP contribution < -0.4 is 10.1 Å². The van der Waals surface area contributed by atoms with E-state index in [4.69, 9.17) is 4.74 Å². The van der Waals surface area contributed by atoms with Gasteiger partial charge in [-0.15, -0.1) is 0 Å². The maximum atomic E-state index is 14.7. The Balaban J connectivity index is 1.72. The van der Waals surface area contributed by atoms with Gasteiger partial charge in [0.2, 0.25) is 5.88 Å². The third-order valence-electron chi connectivity index (χ3n) is 5.77. The van der Waals surface area contributed by atoms with Crippen molar-refractivity contribution in [1.29, 1.82) is 0 Å². The van der Waals surface area contributed by atoms with Gasteiger partial charge in [-0.3, -0.25) is 10.1 Å². The van der Waals surface area contributed by atoms with Crippen LogP contribution >= 0.6 is 0 Å². The van der Waals surface area contributed by atoms with Crippen LogP contribution in [0.3, 0.4) is 0 Å². The van der Waals surface area contributed by atoms with Gasteiger partial charge in [0.1, 0.15) is 29.5 Å². The van der Waals surface area contributed by atoms with Gasteiger partial charge in [0.25, 0.3) is 0 Å². The molecule has 0 radical (unpaired) electrons. The molecule has 1 aromatic carbocycles.